The molecule has 3 heterocycles. The number of imide groups is 1. The highest BCUT2D eigenvalue weighted by molar-refractivity contribution is 6.00. The van der Waals surface area contributed by atoms with Gasteiger partial charge in [0.1, 0.15) is 5.56 Å². The van der Waals surface area contributed by atoms with E-state index in [0.29, 0.717) is 17.9 Å². The molecule has 0 aliphatic carbocycles. The molecule has 0 spiro atoms. The Balaban J connectivity index is 1.72. The lowest BCUT2D eigenvalue weighted by Gasteiger charge is -2.11. The van der Waals surface area contributed by atoms with Crippen LogP contribution in [-0.2, 0) is 9.53 Å². The Bertz CT molecular complexity index is 769. The first-order valence-electron chi connectivity index (χ1n) is 6.63. The number of aromatic nitrogens is 3. The zero-order valence-corrected chi connectivity index (χ0v) is 11.8. The van der Waals surface area contributed by atoms with Crippen LogP contribution in [0.3, 0.4) is 0 Å². The zero-order valence-electron chi connectivity index (χ0n) is 11.8. The molecule has 1 fully saturated rings. The minimum atomic E-state index is -0.695. The first-order valence-corrected chi connectivity index (χ1v) is 6.63. The van der Waals surface area contributed by atoms with E-state index in [1.165, 1.54) is 10.7 Å². The topological polar surface area (TPSA) is 106 Å². The monoisotopic (exact) mass is 303 g/mol. The van der Waals surface area contributed by atoms with E-state index < -0.39 is 24.5 Å². The number of nitrogens with zero attached hydrogens (tertiary/aromatic N) is 4. The fraction of sp³-hybridized carbons (Fsp3) is 0.308. The Morgan fingerprint density at radius 1 is 1.45 bits per heavy atom. The number of rotatable bonds is 3. The summed E-state index contributed by atoms with van der Waals surface area (Å²) < 4.78 is 6.45. The van der Waals surface area contributed by atoms with Gasteiger partial charge in [0.2, 0.25) is 0 Å². The standard InChI is InChI=1S/C13H13N5O4/c1-8-10(11-14-3-2-5-18(11)16-8)12(20)22-7-9(19)17-6-4-15-13(17)21/h2-3,5H,4,6-7H2,1H3,(H,15,21). The summed E-state index contributed by atoms with van der Waals surface area (Å²) in [5.41, 5.74) is 1.02. The van der Waals surface area contributed by atoms with Gasteiger partial charge in [-0.2, -0.15) is 5.10 Å². The first-order chi connectivity index (χ1) is 10.6. The van der Waals surface area contributed by atoms with Gasteiger partial charge >= 0.3 is 12.0 Å². The number of amides is 3. The van der Waals surface area contributed by atoms with E-state index in [0.717, 1.165) is 4.90 Å². The van der Waals surface area contributed by atoms with E-state index >= 15 is 0 Å². The molecular weight excluding hydrogens is 290 g/mol. The van der Waals surface area contributed by atoms with Gasteiger partial charge < -0.3 is 10.1 Å². The number of carbonyl (C=O) groups excluding carboxylic acids is 3. The molecule has 3 amide bonds. The van der Waals surface area contributed by atoms with E-state index in [1.54, 1.807) is 19.2 Å². The Morgan fingerprint density at radius 3 is 3.00 bits per heavy atom. The van der Waals surface area contributed by atoms with Crippen LogP contribution in [-0.4, -0.2) is 57.1 Å². The van der Waals surface area contributed by atoms with Crippen molar-refractivity contribution in [3.63, 3.8) is 0 Å². The van der Waals surface area contributed by atoms with Crippen molar-refractivity contribution in [2.24, 2.45) is 0 Å². The summed E-state index contributed by atoms with van der Waals surface area (Å²) in [6.07, 6.45) is 3.19. The predicted molar refractivity (Wildman–Crippen MR) is 73.1 cm³/mol. The van der Waals surface area contributed by atoms with Gasteiger partial charge in [-0.05, 0) is 13.0 Å². The predicted octanol–water partition coefficient (Wildman–Crippen LogP) is -0.254. The van der Waals surface area contributed by atoms with Crippen LogP contribution in [0, 0.1) is 6.92 Å². The Hall–Kier alpha value is -2.97. The number of hydrogen-bond acceptors (Lipinski definition) is 6. The minimum Gasteiger partial charge on any atom is -0.452 e. The highest BCUT2D eigenvalue weighted by atomic mass is 16.5. The van der Waals surface area contributed by atoms with Crippen molar-refractivity contribution in [3.8, 4) is 0 Å². The fourth-order valence-corrected chi connectivity index (χ4v) is 2.22. The molecule has 22 heavy (non-hydrogen) atoms. The van der Waals surface area contributed by atoms with Crippen LogP contribution < -0.4 is 5.32 Å². The smallest absolute Gasteiger partial charge is 0.344 e. The lowest BCUT2D eigenvalue weighted by atomic mass is 10.2. The van der Waals surface area contributed by atoms with Crippen molar-refractivity contribution < 1.29 is 19.1 Å². The molecule has 9 nitrogen and oxygen atoms in total. The summed E-state index contributed by atoms with van der Waals surface area (Å²) >= 11 is 0. The zero-order chi connectivity index (χ0) is 15.7. The fourth-order valence-electron chi connectivity index (χ4n) is 2.22. The summed E-state index contributed by atoms with van der Waals surface area (Å²) in [5.74, 6) is -1.26. The van der Waals surface area contributed by atoms with Crippen LogP contribution in [0.2, 0.25) is 0 Å². The van der Waals surface area contributed by atoms with Gasteiger partial charge in [0, 0.05) is 25.5 Å². The van der Waals surface area contributed by atoms with Crippen LogP contribution in [0.5, 0.6) is 0 Å². The summed E-state index contributed by atoms with van der Waals surface area (Å²) in [5, 5.41) is 6.65. The normalized spacial score (nSPS) is 14.2. The second-order valence-electron chi connectivity index (χ2n) is 4.70. The number of aryl methyl sites for hydroxylation is 1. The Morgan fingerprint density at radius 2 is 2.27 bits per heavy atom. The molecule has 0 aromatic carbocycles. The number of carbonyl (C=O) groups is 3. The summed E-state index contributed by atoms with van der Waals surface area (Å²) in [6.45, 7) is 1.82. The first kappa shape index (κ1) is 14.0. The van der Waals surface area contributed by atoms with E-state index in [2.05, 4.69) is 15.4 Å². The molecule has 0 atom stereocenters. The van der Waals surface area contributed by atoms with E-state index in [-0.39, 0.29) is 12.1 Å². The van der Waals surface area contributed by atoms with Gasteiger partial charge in [-0.1, -0.05) is 0 Å². The van der Waals surface area contributed by atoms with Crippen molar-refractivity contribution in [1.82, 2.24) is 24.8 Å². The van der Waals surface area contributed by atoms with E-state index in [1.807, 2.05) is 0 Å². The average Bonchev–Trinajstić information content (AvgIpc) is 3.06. The molecule has 0 bridgehead atoms. The maximum Gasteiger partial charge on any atom is 0.344 e. The number of fused-ring (bicyclic) bond motifs is 1. The van der Waals surface area contributed by atoms with Crippen LogP contribution in [0.1, 0.15) is 16.1 Å². The molecular formula is C13H13N5O4. The highest BCUT2D eigenvalue weighted by Crippen LogP contribution is 2.14. The molecule has 0 saturated carbocycles. The molecule has 0 unspecified atom stereocenters. The molecule has 3 rings (SSSR count). The van der Waals surface area contributed by atoms with Gasteiger partial charge in [0.25, 0.3) is 5.91 Å². The third kappa shape index (κ3) is 2.36. The molecule has 9 heteroatoms. The molecule has 1 aliphatic heterocycles. The molecule has 2 aromatic rings. The number of hydrogen-bond donors (Lipinski definition) is 1. The largest absolute Gasteiger partial charge is 0.452 e. The van der Waals surface area contributed by atoms with Crippen molar-refractivity contribution in [2.45, 2.75) is 6.92 Å². The summed E-state index contributed by atoms with van der Waals surface area (Å²) in [6, 6.07) is 1.21. The van der Waals surface area contributed by atoms with Crippen LogP contribution in [0.4, 0.5) is 4.79 Å². The lowest BCUT2D eigenvalue weighted by molar-refractivity contribution is -0.130. The molecule has 1 N–H and O–H groups in total. The molecule has 114 valence electrons. The Kier molecular flexibility index (Phi) is 3.45. The Labute approximate surface area is 124 Å². The van der Waals surface area contributed by atoms with Gasteiger partial charge in [-0.3, -0.25) is 9.69 Å². The second kappa shape index (κ2) is 5.43. The SMILES string of the molecule is Cc1nn2cccnc2c1C(=O)OCC(=O)N1CCNC1=O. The number of urea groups is 1. The lowest BCUT2D eigenvalue weighted by Crippen LogP contribution is -2.37. The third-order valence-corrected chi connectivity index (χ3v) is 3.26. The number of ether oxygens (including phenoxy) is 1. The number of esters is 1. The van der Waals surface area contributed by atoms with E-state index in [9.17, 15) is 14.4 Å². The number of nitrogens with one attached hydrogen (secondary N) is 1. The molecule has 0 radical (unpaired) electrons. The molecule has 1 aliphatic rings. The van der Waals surface area contributed by atoms with Gasteiger partial charge in [-0.25, -0.2) is 19.1 Å². The molecule has 2 aromatic heterocycles. The second-order valence-corrected chi connectivity index (χ2v) is 4.70. The van der Waals surface area contributed by atoms with Crippen molar-refractivity contribution in [3.05, 3.63) is 29.7 Å². The minimum absolute atomic E-state index is 0.208. The van der Waals surface area contributed by atoms with Crippen molar-refractivity contribution in [1.29, 1.82) is 0 Å². The quantitative estimate of drug-likeness (QED) is 0.783. The summed E-state index contributed by atoms with van der Waals surface area (Å²) in [4.78, 5) is 40.4. The maximum atomic E-state index is 12.2. The highest BCUT2D eigenvalue weighted by Gasteiger charge is 2.28. The van der Waals surface area contributed by atoms with Gasteiger partial charge in [-0.15, -0.1) is 0 Å². The maximum absolute atomic E-state index is 12.2. The summed E-state index contributed by atoms with van der Waals surface area (Å²) in [7, 11) is 0. The van der Waals surface area contributed by atoms with Crippen LogP contribution >= 0.6 is 0 Å². The van der Waals surface area contributed by atoms with Crippen molar-refractivity contribution >= 4 is 23.6 Å². The van der Waals surface area contributed by atoms with Gasteiger partial charge in [0.15, 0.2) is 12.3 Å². The molecule has 1 saturated heterocycles. The van der Waals surface area contributed by atoms with Crippen LogP contribution in [0.25, 0.3) is 5.65 Å². The third-order valence-electron chi connectivity index (χ3n) is 3.26. The van der Waals surface area contributed by atoms with Gasteiger partial charge in [0.05, 0.1) is 5.69 Å². The average molecular weight is 303 g/mol. The van der Waals surface area contributed by atoms with Crippen LogP contribution in [0.15, 0.2) is 18.5 Å². The van der Waals surface area contributed by atoms with Crippen molar-refractivity contribution in [2.75, 3.05) is 19.7 Å². The van der Waals surface area contributed by atoms with E-state index in [4.69, 9.17) is 4.74 Å².